The van der Waals surface area contributed by atoms with Crippen molar-refractivity contribution >= 4 is 27.1 Å². The molecule has 0 radical (unpaired) electrons. The molecule has 0 saturated heterocycles. The topological polar surface area (TPSA) is 121 Å². The van der Waals surface area contributed by atoms with Crippen LogP contribution in [-0.4, -0.2) is 10.2 Å². The van der Waals surface area contributed by atoms with Gasteiger partial charge in [-0.05, 0) is 32.7 Å². The zero-order valence-electron chi connectivity index (χ0n) is 20.3. The molecule has 0 bridgehead atoms. The summed E-state index contributed by atoms with van der Waals surface area (Å²) in [5.74, 6) is -1.13. The molecule has 1 heterocycles. The van der Waals surface area contributed by atoms with Crippen molar-refractivity contribution in [1.29, 1.82) is 21.0 Å². The van der Waals surface area contributed by atoms with E-state index in [1.54, 1.807) is 0 Å². The Morgan fingerprint density at radius 1 is 0.615 bits per heavy atom. The normalized spacial score (nSPS) is 20.8. The molecule has 1 saturated carbocycles. The van der Waals surface area contributed by atoms with Crippen LogP contribution in [0.25, 0.3) is 49.5 Å². The highest BCUT2D eigenvalue weighted by atomic mass is 15.1. The first-order chi connectivity index (χ1) is 19.2. The summed E-state index contributed by atoms with van der Waals surface area (Å²) in [6.45, 7) is 0. The van der Waals surface area contributed by atoms with Gasteiger partial charge in [0.05, 0.1) is 35.1 Å². The van der Waals surface area contributed by atoms with Gasteiger partial charge in [0.15, 0.2) is 0 Å². The van der Waals surface area contributed by atoms with Crippen LogP contribution in [0.5, 0.6) is 0 Å². The molecule has 6 nitrogen and oxygen atoms in total. The van der Waals surface area contributed by atoms with Crippen LogP contribution in [0.2, 0.25) is 0 Å². The van der Waals surface area contributed by atoms with Gasteiger partial charge in [-0.25, -0.2) is 0 Å². The second-order valence-electron chi connectivity index (χ2n) is 10.1. The van der Waals surface area contributed by atoms with Crippen LogP contribution in [0.15, 0.2) is 78.4 Å². The van der Waals surface area contributed by atoms with Crippen molar-refractivity contribution in [2.24, 2.45) is 11.8 Å². The van der Waals surface area contributed by atoms with Crippen LogP contribution in [0, 0.1) is 57.2 Å². The first-order valence-corrected chi connectivity index (χ1v) is 12.5. The molecule has 8 rings (SSSR count). The summed E-state index contributed by atoms with van der Waals surface area (Å²) in [5, 5.41) is 53.8. The van der Waals surface area contributed by atoms with Crippen molar-refractivity contribution < 1.29 is 0 Å². The smallest absolute Gasteiger partial charge is 0.139 e. The summed E-state index contributed by atoms with van der Waals surface area (Å²) in [5.41, 5.74) is 5.62. The van der Waals surface area contributed by atoms with Gasteiger partial charge in [-0.2, -0.15) is 21.0 Å². The fourth-order valence-electron chi connectivity index (χ4n) is 7.12. The van der Waals surface area contributed by atoms with E-state index >= 15 is 0 Å². The molecule has 4 aromatic carbocycles. The Morgan fingerprint density at radius 3 is 1.87 bits per heavy atom. The molecule has 1 aromatic heterocycles. The predicted octanol–water partition coefficient (Wildman–Crippen LogP) is 6.17. The fraction of sp³-hybridized carbons (Fsp3) is 0.0909. The Labute approximate surface area is 222 Å². The lowest BCUT2D eigenvalue weighted by Gasteiger charge is -2.17. The molecule has 3 aliphatic rings. The van der Waals surface area contributed by atoms with Gasteiger partial charge in [0.1, 0.15) is 23.4 Å². The number of nitriles is 4. The monoisotopic (exact) mass is 494 g/mol. The highest BCUT2D eigenvalue weighted by Crippen LogP contribution is 2.73. The number of aromatic nitrogens is 2. The van der Waals surface area contributed by atoms with Crippen LogP contribution in [-0.2, 0) is 5.41 Å². The summed E-state index contributed by atoms with van der Waals surface area (Å²) >= 11 is 0. The number of hydrogen-bond donors (Lipinski definition) is 0. The molecule has 3 aliphatic carbocycles. The van der Waals surface area contributed by atoms with Crippen molar-refractivity contribution in [3.05, 3.63) is 101 Å². The molecule has 0 N–H and O–H groups in total. The molecule has 2 unspecified atom stereocenters. The fourth-order valence-corrected chi connectivity index (χ4v) is 7.12. The summed E-state index contributed by atoms with van der Waals surface area (Å²) < 4.78 is 0. The Kier molecular flexibility index (Phi) is 3.90. The van der Waals surface area contributed by atoms with E-state index in [0.717, 1.165) is 54.9 Å². The highest BCUT2D eigenvalue weighted by Gasteiger charge is 2.73. The Hall–Kier alpha value is -5.82. The van der Waals surface area contributed by atoms with E-state index < -0.39 is 17.3 Å². The van der Waals surface area contributed by atoms with Gasteiger partial charge in [-0.15, -0.1) is 10.2 Å². The number of allylic oxidation sites excluding steroid dienone is 1. The average molecular weight is 495 g/mol. The minimum Gasteiger partial charge on any atom is -0.198 e. The molecule has 0 amide bonds. The highest BCUT2D eigenvalue weighted by molar-refractivity contribution is 6.14. The molecular weight excluding hydrogens is 480 g/mol. The van der Waals surface area contributed by atoms with Gasteiger partial charge in [-0.1, -0.05) is 72.8 Å². The van der Waals surface area contributed by atoms with Crippen molar-refractivity contribution in [2.75, 3.05) is 0 Å². The third-order valence-electron chi connectivity index (χ3n) is 8.63. The Bertz CT molecular complexity index is 2160. The van der Waals surface area contributed by atoms with Crippen molar-refractivity contribution in [3.8, 4) is 46.7 Å². The molecule has 1 fully saturated rings. The lowest BCUT2D eigenvalue weighted by molar-refractivity contribution is 0.801. The van der Waals surface area contributed by atoms with Crippen molar-refractivity contribution in [1.82, 2.24) is 10.2 Å². The summed E-state index contributed by atoms with van der Waals surface area (Å²) in [6, 6.07) is 32.9. The van der Waals surface area contributed by atoms with Gasteiger partial charge in [0.2, 0.25) is 0 Å². The number of hydrogen-bond acceptors (Lipinski definition) is 6. The molecule has 176 valence electrons. The maximum Gasteiger partial charge on any atom is 0.139 e. The van der Waals surface area contributed by atoms with E-state index in [0.29, 0.717) is 17.0 Å². The number of benzene rings is 4. The molecule has 0 aliphatic heterocycles. The molecule has 5 aromatic rings. The van der Waals surface area contributed by atoms with E-state index in [9.17, 15) is 21.0 Å². The van der Waals surface area contributed by atoms with Crippen LogP contribution >= 0.6 is 0 Å². The summed E-state index contributed by atoms with van der Waals surface area (Å²) in [4.78, 5) is 0. The van der Waals surface area contributed by atoms with E-state index in [1.165, 1.54) is 0 Å². The maximum atomic E-state index is 10.3. The first-order valence-electron chi connectivity index (χ1n) is 12.5. The molecule has 39 heavy (non-hydrogen) atoms. The second kappa shape index (κ2) is 7.14. The minimum atomic E-state index is -0.882. The quantitative estimate of drug-likeness (QED) is 0.233. The third kappa shape index (κ3) is 2.29. The van der Waals surface area contributed by atoms with Gasteiger partial charge in [0.25, 0.3) is 0 Å². The first kappa shape index (κ1) is 21.3. The number of rotatable bonds is 0. The second-order valence-corrected chi connectivity index (χ2v) is 10.1. The van der Waals surface area contributed by atoms with Crippen LogP contribution in [0.3, 0.4) is 0 Å². The van der Waals surface area contributed by atoms with Gasteiger partial charge in [-0.3, -0.25) is 0 Å². The molecule has 2 atom stereocenters. The Balaban J connectivity index is 1.59. The van der Waals surface area contributed by atoms with E-state index in [4.69, 9.17) is 5.10 Å². The SMILES string of the molecule is N#CC(C#N)=C1c2nnc3c(c2-c2ccc4ccccc4c21)C1(c2c-3ccc3ccccc23)C(C#N)C1C#N. The lowest BCUT2D eigenvalue weighted by Crippen LogP contribution is -2.13. The third-order valence-corrected chi connectivity index (χ3v) is 8.63. The Morgan fingerprint density at radius 2 is 1.21 bits per heavy atom. The largest absolute Gasteiger partial charge is 0.198 e. The zero-order valence-corrected chi connectivity index (χ0v) is 20.3. The van der Waals surface area contributed by atoms with Crippen molar-refractivity contribution in [2.45, 2.75) is 5.41 Å². The van der Waals surface area contributed by atoms with E-state index in [2.05, 4.69) is 29.4 Å². The van der Waals surface area contributed by atoms with Crippen LogP contribution < -0.4 is 0 Å². The minimum absolute atomic E-state index is 0.0416. The predicted molar refractivity (Wildman–Crippen MR) is 144 cm³/mol. The summed E-state index contributed by atoms with van der Waals surface area (Å²) in [6.07, 6.45) is 0. The van der Waals surface area contributed by atoms with Gasteiger partial charge >= 0.3 is 0 Å². The van der Waals surface area contributed by atoms with Crippen LogP contribution in [0.1, 0.15) is 22.4 Å². The van der Waals surface area contributed by atoms with Gasteiger partial charge in [0, 0.05) is 27.8 Å². The zero-order chi connectivity index (χ0) is 26.5. The number of nitrogens with zero attached hydrogens (tertiary/aromatic N) is 6. The lowest BCUT2D eigenvalue weighted by atomic mass is 9.83. The average Bonchev–Trinajstić information content (AvgIpc) is 3.38. The molecule has 6 heteroatoms. The van der Waals surface area contributed by atoms with Crippen LogP contribution in [0.4, 0.5) is 0 Å². The summed E-state index contributed by atoms with van der Waals surface area (Å²) in [7, 11) is 0. The standard InChI is InChI=1S/C33H14N6/c34-13-19(14-35)26-27-20-7-3-1-5-17(20)9-11-22(27)28-30-31(38-39-32(26)28)23-12-10-18-6-2-4-8-21(18)29(23)33(30)24(15-36)25(33)16-37/h1-12,24-25H. The van der Waals surface area contributed by atoms with E-state index in [-0.39, 0.29) is 5.57 Å². The maximum absolute atomic E-state index is 10.3. The number of fused-ring (bicyclic) bond motifs is 13. The van der Waals surface area contributed by atoms with Gasteiger partial charge < -0.3 is 0 Å². The molecule has 1 spiro atoms. The molecular formula is C33H14N6. The van der Waals surface area contributed by atoms with E-state index in [1.807, 2.05) is 72.8 Å². The van der Waals surface area contributed by atoms with Crippen molar-refractivity contribution in [3.63, 3.8) is 0 Å².